The molecule has 0 spiro atoms. The largest absolute Gasteiger partial charge is 0.461 e. The van der Waals surface area contributed by atoms with Crippen LogP contribution in [0, 0.1) is 18.8 Å². The number of aryl methyl sites for hydroxylation is 1. The molecule has 6 rings (SSSR count). The molecule has 1 aliphatic carbocycles. The third kappa shape index (κ3) is 4.89. The standard InChI is InChI=1S/C32H37N3O5/c1-19(2)14-26-30(36)33-28(25-16-21-6-4-5-7-22(21)17-25)31(37)35(26)29(32(38)34-10-12-39-13-11-34)23-8-9-27-24(18-23)15-20(3)40-27/h4-9,15,18-19,25-26,28-29H,10-14,16-17H2,1-3H3,(H,33,36)/t26-,28-,29-/m1/s1. The predicted molar refractivity (Wildman–Crippen MR) is 150 cm³/mol. The Morgan fingerprint density at radius 2 is 1.73 bits per heavy atom. The molecule has 2 aromatic carbocycles. The zero-order valence-electron chi connectivity index (χ0n) is 23.4. The first-order chi connectivity index (χ1) is 19.3. The molecule has 3 aliphatic rings. The van der Waals surface area contributed by atoms with Crippen molar-refractivity contribution in [3.05, 3.63) is 71.0 Å². The van der Waals surface area contributed by atoms with E-state index in [1.54, 1.807) is 9.80 Å². The van der Waals surface area contributed by atoms with Crippen LogP contribution in [0.15, 0.2) is 52.9 Å². The van der Waals surface area contributed by atoms with E-state index < -0.39 is 18.1 Å². The van der Waals surface area contributed by atoms with Gasteiger partial charge in [-0.3, -0.25) is 14.4 Å². The monoisotopic (exact) mass is 543 g/mol. The lowest BCUT2D eigenvalue weighted by atomic mass is 9.87. The van der Waals surface area contributed by atoms with Gasteiger partial charge in [-0.1, -0.05) is 44.2 Å². The highest BCUT2D eigenvalue weighted by Crippen LogP contribution is 2.37. The van der Waals surface area contributed by atoms with Gasteiger partial charge in [0.05, 0.1) is 13.2 Å². The molecule has 2 aliphatic heterocycles. The minimum Gasteiger partial charge on any atom is -0.461 e. The highest BCUT2D eigenvalue weighted by atomic mass is 16.5. The Kier molecular flexibility index (Phi) is 7.13. The van der Waals surface area contributed by atoms with Gasteiger partial charge in [0.2, 0.25) is 17.7 Å². The molecule has 0 unspecified atom stereocenters. The first kappa shape index (κ1) is 26.6. The van der Waals surface area contributed by atoms with Crippen LogP contribution in [0.1, 0.15) is 48.8 Å². The van der Waals surface area contributed by atoms with Gasteiger partial charge in [-0.15, -0.1) is 0 Å². The summed E-state index contributed by atoms with van der Waals surface area (Å²) in [6, 6.07) is 13.4. The van der Waals surface area contributed by atoms with Crippen LogP contribution < -0.4 is 5.32 Å². The van der Waals surface area contributed by atoms with Crippen molar-refractivity contribution in [1.29, 1.82) is 0 Å². The summed E-state index contributed by atoms with van der Waals surface area (Å²) in [6.07, 6.45) is 1.91. The van der Waals surface area contributed by atoms with Crippen molar-refractivity contribution in [3.63, 3.8) is 0 Å². The van der Waals surface area contributed by atoms with Crippen molar-refractivity contribution in [2.75, 3.05) is 26.3 Å². The zero-order valence-corrected chi connectivity index (χ0v) is 23.4. The molecule has 8 heteroatoms. The summed E-state index contributed by atoms with van der Waals surface area (Å²) in [5.41, 5.74) is 3.84. The molecular formula is C32H37N3O5. The van der Waals surface area contributed by atoms with E-state index in [9.17, 15) is 14.4 Å². The Hall–Kier alpha value is -3.65. The van der Waals surface area contributed by atoms with Crippen LogP contribution in [0.4, 0.5) is 0 Å². The average molecular weight is 544 g/mol. The number of carbonyl (C=O) groups is 3. The summed E-state index contributed by atoms with van der Waals surface area (Å²) >= 11 is 0. The van der Waals surface area contributed by atoms with Gasteiger partial charge in [-0.2, -0.15) is 0 Å². The SMILES string of the molecule is Cc1cc2cc([C@H](C(=O)N3CCOCC3)N3C(=O)[C@@H](C4Cc5ccccc5C4)NC(=O)[C@H]3CC(C)C)ccc2o1. The minimum atomic E-state index is -0.925. The van der Waals surface area contributed by atoms with Gasteiger partial charge in [-0.25, -0.2) is 0 Å². The number of furan rings is 1. The van der Waals surface area contributed by atoms with Gasteiger partial charge in [0.25, 0.3) is 0 Å². The maximum atomic E-state index is 14.6. The molecule has 8 nitrogen and oxygen atoms in total. The number of piperazine rings is 1. The van der Waals surface area contributed by atoms with Gasteiger partial charge in [0.15, 0.2) is 0 Å². The van der Waals surface area contributed by atoms with Crippen LogP contribution in [0.5, 0.6) is 0 Å². The first-order valence-corrected chi connectivity index (χ1v) is 14.4. The maximum absolute atomic E-state index is 14.6. The second kappa shape index (κ2) is 10.7. The lowest BCUT2D eigenvalue weighted by molar-refractivity contribution is -0.161. The lowest BCUT2D eigenvalue weighted by Crippen LogP contribution is -2.67. The van der Waals surface area contributed by atoms with Crippen molar-refractivity contribution in [2.45, 2.75) is 58.2 Å². The second-order valence-electron chi connectivity index (χ2n) is 11.8. The van der Waals surface area contributed by atoms with Crippen LogP contribution >= 0.6 is 0 Å². The van der Waals surface area contributed by atoms with E-state index in [0.29, 0.717) is 38.3 Å². The molecule has 3 aromatic rings. The fourth-order valence-electron chi connectivity index (χ4n) is 6.62. The topological polar surface area (TPSA) is 92.1 Å². The van der Waals surface area contributed by atoms with E-state index in [4.69, 9.17) is 9.15 Å². The minimum absolute atomic E-state index is 0.0607. The number of nitrogens with zero attached hydrogens (tertiary/aromatic N) is 2. The Morgan fingerprint density at radius 1 is 1.02 bits per heavy atom. The molecule has 3 heterocycles. The second-order valence-corrected chi connectivity index (χ2v) is 11.8. The van der Waals surface area contributed by atoms with Crippen molar-refractivity contribution in [3.8, 4) is 0 Å². The van der Waals surface area contributed by atoms with E-state index in [2.05, 4.69) is 17.4 Å². The maximum Gasteiger partial charge on any atom is 0.250 e. The quantitative estimate of drug-likeness (QED) is 0.511. The van der Waals surface area contributed by atoms with E-state index in [-0.39, 0.29) is 29.6 Å². The van der Waals surface area contributed by atoms with Crippen molar-refractivity contribution < 1.29 is 23.5 Å². The zero-order chi connectivity index (χ0) is 28.0. The molecular weight excluding hydrogens is 506 g/mol. The van der Waals surface area contributed by atoms with Gasteiger partial charge in [0.1, 0.15) is 29.5 Å². The van der Waals surface area contributed by atoms with Crippen LogP contribution in [0.3, 0.4) is 0 Å². The molecule has 210 valence electrons. The molecule has 2 saturated heterocycles. The normalized spacial score (nSPS) is 22.6. The molecule has 3 amide bonds. The number of rotatable bonds is 6. The van der Waals surface area contributed by atoms with Gasteiger partial charge >= 0.3 is 0 Å². The number of fused-ring (bicyclic) bond motifs is 2. The summed E-state index contributed by atoms with van der Waals surface area (Å²) in [6.45, 7) is 7.76. The Labute approximate surface area is 234 Å². The molecule has 0 saturated carbocycles. The molecule has 1 aromatic heterocycles. The van der Waals surface area contributed by atoms with Crippen LogP contribution in [-0.4, -0.2) is 65.9 Å². The molecule has 3 atom stereocenters. The molecule has 2 fully saturated rings. The molecule has 0 radical (unpaired) electrons. The number of carbonyl (C=O) groups excluding carboxylic acids is 3. The van der Waals surface area contributed by atoms with Crippen LogP contribution in [-0.2, 0) is 32.0 Å². The fraction of sp³-hybridized carbons (Fsp3) is 0.469. The summed E-state index contributed by atoms with van der Waals surface area (Å²) in [5, 5.41) is 3.96. The Bertz CT molecular complexity index is 1410. The predicted octanol–water partition coefficient (Wildman–Crippen LogP) is 3.80. The fourth-order valence-corrected chi connectivity index (χ4v) is 6.62. The van der Waals surface area contributed by atoms with Gasteiger partial charge < -0.3 is 24.3 Å². The first-order valence-electron chi connectivity index (χ1n) is 14.4. The third-order valence-corrected chi connectivity index (χ3v) is 8.52. The van der Waals surface area contributed by atoms with E-state index in [1.165, 1.54) is 11.1 Å². The van der Waals surface area contributed by atoms with Gasteiger partial charge in [0, 0.05) is 18.5 Å². The van der Waals surface area contributed by atoms with E-state index in [0.717, 1.165) is 29.6 Å². The Balaban J connectivity index is 1.43. The highest BCUT2D eigenvalue weighted by Gasteiger charge is 2.50. The van der Waals surface area contributed by atoms with Crippen LogP contribution in [0.25, 0.3) is 11.0 Å². The highest BCUT2D eigenvalue weighted by molar-refractivity contribution is 6.00. The molecule has 0 bridgehead atoms. The third-order valence-electron chi connectivity index (χ3n) is 8.52. The molecule has 40 heavy (non-hydrogen) atoms. The summed E-state index contributed by atoms with van der Waals surface area (Å²) < 4.78 is 11.3. The number of hydrogen-bond acceptors (Lipinski definition) is 5. The molecule has 1 N–H and O–H groups in total. The number of hydrogen-bond donors (Lipinski definition) is 1. The van der Waals surface area contributed by atoms with E-state index >= 15 is 0 Å². The van der Waals surface area contributed by atoms with Crippen molar-refractivity contribution in [2.24, 2.45) is 11.8 Å². The van der Waals surface area contributed by atoms with E-state index in [1.807, 2.05) is 57.2 Å². The average Bonchev–Trinajstić information content (AvgIpc) is 3.54. The van der Waals surface area contributed by atoms with Crippen LogP contribution in [0.2, 0.25) is 0 Å². The number of ether oxygens (including phenoxy) is 1. The summed E-state index contributed by atoms with van der Waals surface area (Å²) in [5.74, 6) is 0.321. The number of morpholine rings is 1. The lowest BCUT2D eigenvalue weighted by Gasteiger charge is -2.46. The summed E-state index contributed by atoms with van der Waals surface area (Å²) in [7, 11) is 0. The van der Waals surface area contributed by atoms with Crippen molar-refractivity contribution >= 4 is 28.7 Å². The number of nitrogens with one attached hydrogen (secondary N) is 1. The number of amides is 3. The number of benzene rings is 2. The smallest absolute Gasteiger partial charge is 0.250 e. The van der Waals surface area contributed by atoms with Gasteiger partial charge in [-0.05, 0) is 72.9 Å². The Morgan fingerprint density at radius 3 is 2.40 bits per heavy atom. The van der Waals surface area contributed by atoms with Crippen molar-refractivity contribution in [1.82, 2.24) is 15.1 Å². The summed E-state index contributed by atoms with van der Waals surface area (Å²) in [4.78, 5) is 46.1.